The molecule has 1 aliphatic rings. The summed E-state index contributed by atoms with van der Waals surface area (Å²) in [6, 6.07) is 13.4. The summed E-state index contributed by atoms with van der Waals surface area (Å²) in [6.07, 6.45) is 1.77. The number of aliphatic carboxylic acids is 1. The van der Waals surface area contributed by atoms with Gasteiger partial charge in [-0.2, -0.15) is 0 Å². The monoisotopic (exact) mass is 615 g/mol. The predicted molar refractivity (Wildman–Crippen MR) is 155 cm³/mol. The molecule has 9 nitrogen and oxygen atoms in total. The number of ether oxygens (including phenoxy) is 1. The Morgan fingerprint density at radius 1 is 1.10 bits per heavy atom. The van der Waals surface area contributed by atoms with Crippen molar-refractivity contribution in [1.82, 2.24) is 4.90 Å². The maximum Gasteiger partial charge on any atom is 0.349 e. The third-order valence-corrected chi connectivity index (χ3v) is 9.04. The van der Waals surface area contributed by atoms with E-state index >= 15 is 0 Å². The van der Waals surface area contributed by atoms with E-state index in [9.17, 15) is 19.5 Å². The zero-order chi connectivity index (χ0) is 28.1. The van der Waals surface area contributed by atoms with Gasteiger partial charge in [-0.15, -0.1) is 11.3 Å². The Kier molecular flexibility index (Phi) is 9.13. The number of carboxylic acids is 2. The molecule has 1 fully saturated rings. The highest BCUT2D eigenvalue weighted by Crippen LogP contribution is 2.46. The predicted octanol–water partition coefficient (Wildman–Crippen LogP) is 6.31. The lowest BCUT2D eigenvalue weighted by atomic mass is 9.97. The zero-order valence-corrected chi connectivity index (χ0v) is 24.0. The summed E-state index contributed by atoms with van der Waals surface area (Å²) < 4.78 is 5.67. The van der Waals surface area contributed by atoms with E-state index in [1.807, 2.05) is 61.2 Å². The van der Waals surface area contributed by atoms with Gasteiger partial charge in [0.25, 0.3) is 0 Å². The van der Waals surface area contributed by atoms with Crippen LogP contribution in [0, 0.1) is 19.8 Å². The number of halogens is 1. The van der Waals surface area contributed by atoms with E-state index in [1.165, 1.54) is 0 Å². The van der Waals surface area contributed by atoms with Crippen molar-refractivity contribution in [3.8, 4) is 16.2 Å². The molecule has 0 unspecified atom stereocenters. The van der Waals surface area contributed by atoms with Crippen LogP contribution >= 0.6 is 27.3 Å². The highest BCUT2D eigenvalue weighted by molar-refractivity contribution is 9.10. The zero-order valence-electron chi connectivity index (χ0n) is 21.6. The number of benzene rings is 2. The lowest BCUT2D eigenvalue weighted by Gasteiger charge is -2.32. The first-order chi connectivity index (χ1) is 18.6. The van der Waals surface area contributed by atoms with Crippen LogP contribution in [0.4, 0.5) is 16.2 Å². The normalized spacial score (nSPS) is 13.7. The van der Waals surface area contributed by atoms with Crippen LogP contribution in [0.15, 0.2) is 46.9 Å². The van der Waals surface area contributed by atoms with Gasteiger partial charge >= 0.3 is 18.0 Å². The van der Waals surface area contributed by atoms with Gasteiger partial charge in [-0.05, 0) is 83.4 Å². The number of carboxylic acid groups (broad SMARTS) is 2. The van der Waals surface area contributed by atoms with Crippen molar-refractivity contribution in [2.24, 2.45) is 5.92 Å². The Bertz CT molecular complexity index is 1380. The number of piperidine rings is 1. The number of amides is 2. The van der Waals surface area contributed by atoms with Crippen LogP contribution in [0.1, 0.15) is 33.6 Å². The minimum atomic E-state index is -1.19. The van der Waals surface area contributed by atoms with Gasteiger partial charge in [0.05, 0.1) is 9.35 Å². The number of likely N-dealkylation sites (tertiary alicyclic amines) is 1. The molecule has 0 aliphatic carbocycles. The Morgan fingerprint density at radius 3 is 2.51 bits per heavy atom. The Hall–Kier alpha value is -3.57. The molecular weight excluding hydrogens is 586 g/mol. The molecule has 206 valence electrons. The highest BCUT2D eigenvalue weighted by atomic mass is 79.9. The van der Waals surface area contributed by atoms with Crippen molar-refractivity contribution in [3.05, 3.63) is 62.9 Å². The number of rotatable bonds is 9. The lowest BCUT2D eigenvalue weighted by molar-refractivity contribution is -0.139. The Labute approximate surface area is 238 Å². The molecule has 39 heavy (non-hydrogen) atoms. The first-order valence-corrected chi connectivity index (χ1v) is 14.1. The molecule has 4 N–H and O–H groups in total. The Balaban J connectivity index is 1.35. The van der Waals surface area contributed by atoms with Crippen LogP contribution in [0.2, 0.25) is 0 Å². The number of aromatic carboxylic acids is 1. The van der Waals surface area contributed by atoms with Crippen LogP contribution in [0.25, 0.3) is 10.4 Å². The Morgan fingerprint density at radius 2 is 1.82 bits per heavy atom. The standard InChI is InChI=1S/C28H30BrN3O6S/c1-16-5-3-8-21(17(16)2)31-28(37)32-11-9-18(10-12-32)14-30-20-7-4-6-19(13-20)25-23(29)24(38-15-22(33)34)26(39-25)27(35)36/h3-8,13,18,30H,9-12,14-15H2,1-2H3,(H,31,37)(H,33,34)(H,35,36). The molecule has 0 atom stereocenters. The fraction of sp³-hybridized carbons (Fsp3) is 0.321. The number of nitrogens with one attached hydrogen (secondary N) is 2. The summed E-state index contributed by atoms with van der Waals surface area (Å²) in [5.41, 5.74) is 4.72. The van der Waals surface area contributed by atoms with Crippen LogP contribution in [0.5, 0.6) is 5.75 Å². The van der Waals surface area contributed by atoms with E-state index in [-0.39, 0.29) is 16.7 Å². The van der Waals surface area contributed by atoms with Crippen molar-refractivity contribution in [1.29, 1.82) is 0 Å². The van der Waals surface area contributed by atoms with Gasteiger partial charge in [0.1, 0.15) is 0 Å². The number of thiophene rings is 1. The average Bonchev–Trinajstić information content (AvgIpc) is 3.25. The molecule has 1 aromatic heterocycles. The molecule has 0 radical (unpaired) electrons. The van der Waals surface area contributed by atoms with Crippen molar-refractivity contribution in [3.63, 3.8) is 0 Å². The van der Waals surface area contributed by atoms with E-state index < -0.39 is 18.5 Å². The summed E-state index contributed by atoms with van der Waals surface area (Å²) in [7, 11) is 0. The lowest BCUT2D eigenvalue weighted by Crippen LogP contribution is -2.42. The molecular formula is C28H30BrN3O6S. The molecule has 0 bridgehead atoms. The summed E-state index contributed by atoms with van der Waals surface area (Å²) in [5.74, 6) is -1.96. The third-order valence-electron chi connectivity index (χ3n) is 6.81. The van der Waals surface area contributed by atoms with Crippen LogP contribution in [0.3, 0.4) is 0 Å². The summed E-state index contributed by atoms with van der Waals surface area (Å²) >= 11 is 4.42. The summed E-state index contributed by atoms with van der Waals surface area (Å²) in [6.45, 7) is 5.51. The van der Waals surface area contributed by atoms with Crippen molar-refractivity contribution in [2.45, 2.75) is 26.7 Å². The molecule has 0 spiro atoms. The molecule has 0 saturated carbocycles. The van der Waals surface area contributed by atoms with E-state index in [2.05, 4.69) is 26.6 Å². The number of hydrogen-bond donors (Lipinski definition) is 4. The molecule has 3 aromatic rings. The molecule has 1 aliphatic heterocycles. The highest BCUT2D eigenvalue weighted by Gasteiger charge is 2.25. The topological polar surface area (TPSA) is 128 Å². The molecule has 2 amide bonds. The maximum absolute atomic E-state index is 12.8. The van der Waals surface area contributed by atoms with Crippen molar-refractivity contribution < 1.29 is 29.3 Å². The number of aryl methyl sites for hydroxylation is 1. The van der Waals surface area contributed by atoms with E-state index in [0.717, 1.165) is 58.8 Å². The number of carbonyl (C=O) groups excluding carboxylic acids is 1. The van der Waals surface area contributed by atoms with Gasteiger partial charge in [0, 0.05) is 31.0 Å². The third kappa shape index (κ3) is 6.90. The molecule has 2 aromatic carbocycles. The number of nitrogens with zero attached hydrogens (tertiary/aromatic N) is 1. The van der Waals surface area contributed by atoms with E-state index in [0.29, 0.717) is 28.4 Å². The van der Waals surface area contributed by atoms with Crippen molar-refractivity contribution >= 4 is 56.6 Å². The van der Waals surface area contributed by atoms with Crippen LogP contribution in [-0.2, 0) is 4.79 Å². The minimum absolute atomic E-state index is 0.0108. The second kappa shape index (κ2) is 12.5. The summed E-state index contributed by atoms with van der Waals surface area (Å²) in [4.78, 5) is 37.8. The van der Waals surface area contributed by atoms with Gasteiger partial charge < -0.3 is 30.5 Å². The second-order valence-electron chi connectivity index (χ2n) is 9.46. The number of urea groups is 1. The largest absolute Gasteiger partial charge is 0.479 e. The number of hydrogen-bond acceptors (Lipinski definition) is 6. The van der Waals surface area contributed by atoms with Gasteiger partial charge in [-0.3, -0.25) is 0 Å². The molecule has 11 heteroatoms. The van der Waals surface area contributed by atoms with Gasteiger partial charge in [0.2, 0.25) is 0 Å². The molecule has 1 saturated heterocycles. The van der Waals surface area contributed by atoms with E-state index in [4.69, 9.17) is 9.84 Å². The second-order valence-corrected chi connectivity index (χ2v) is 11.3. The van der Waals surface area contributed by atoms with Gasteiger partial charge in [-0.1, -0.05) is 24.3 Å². The first kappa shape index (κ1) is 28.4. The van der Waals surface area contributed by atoms with Crippen molar-refractivity contribution in [2.75, 3.05) is 36.9 Å². The van der Waals surface area contributed by atoms with E-state index in [1.54, 1.807) is 0 Å². The number of anilines is 2. The van der Waals surface area contributed by atoms with Gasteiger partial charge in [-0.25, -0.2) is 14.4 Å². The average molecular weight is 617 g/mol. The first-order valence-electron chi connectivity index (χ1n) is 12.5. The SMILES string of the molecule is Cc1cccc(NC(=O)N2CCC(CNc3cccc(-c4sc(C(=O)O)c(OCC(=O)O)c4Br)c3)CC2)c1C. The number of carbonyl (C=O) groups is 3. The van der Waals surface area contributed by atoms with Gasteiger partial charge in [0.15, 0.2) is 17.2 Å². The summed E-state index contributed by atoms with van der Waals surface area (Å²) in [5, 5.41) is 25.0. The maximum atomic E-state index is 12.8. The fourth-order valence-electron chi connectivity index (χ4n) is 4.44. The fourth-order valence-corrected chi connectivity index (χ4v) is 6.33. The van der Waals surface area contributed by atoms with Crippen LogP contribution < -0.4 is 15.4 Å². The minimum Gasteiger partial charge on any atom is -0.479 e. The smallest absolute Gasteiger partial charge is 0.349 e. The van der Waals surface area contributed by atoms with Crippen LogP contribution in [-0.4, -0.2) is 59.3 Å². The molecule has 4 rings (SSSR count). The quantitative estimate of drug-likeness (QED) is 0.222. The molecule has 2 heterocycles.